The number of rotatable bonds is 4. The van der Waals surface area contributed by atoms with E-state index in [2.05, 4.69) is 5.10 Å². The van der Waals surface area contributed by atoms with Crippen LogP contribution in [0.4, 0.5) is 0 Å². The van der Waals surface area contributed by atoms with Crippen molar-refractivity contribution in [2.75, 3.05) is 0 Å². The first kappa shape index (κ1) is 16.8. The van der Waals surface area contributed by atoms with Gasteiger partial charge in [0.25, 0.3) is 11.1 Å². The molecule has 1 heterocycles. The van der Waals surface area contributed by atoms with Gasteiger partial charge in [0.1, 0.15) is 13.2 Å². The molecule has 0 fully saturated rings. The van der Waals surface area contributed by atoms with Crippen molar-refractivity contribution in [2.24, 2.45) is 0 Å². The predicted octanol–water partition coefficient (Wildman–Crippen LogP) is 2.59. The number of benzene rings is 3. The summed E-state index contributed by atoms with van der Waals surface area (Å²) in [5.74, 6) is -0.601. The van der Waals surface area contributed by atoms with E-state index < -0.39 is 17.1 Å². The van der Waals surface area contributed by atoms with Gasteiger partial charge in [0.2, 0.25) is 0 Å². The second kappa shape index (κ2) is 6.92. The van der Waals surface area contributed by atoms with Crippen LogP contribution in [0.1, 0.15) is 5.56 Å². The van der Waals surface area contributed by atoms with Crippen LogP contribution < -0.4 is 11.1 Å². The average molecular weight is 360 g/mol. The number of carbonyl (C=O) groups is 1. The van der Waals surface area contributed by atoms with Crippen LogP contribution in [0, 0.1) is 0 Å². The molecule has 6 nitrogen and oxygen atoms in total. The second-order valence-corrected chi connectivity index (χ2v) is 6.18. The Kier molecular flexibility index (Phi) is 4.30. The summed E-state index contributed by atoms with van der Waals surface area (Å²) in [5, 5.41) is 5.05. The minimum absolute atomic E-state index is 0.0900. The Morgan fingerprint density at radius 2 is 1.52 bits per heavy atom. The van der Waals surface area contributed by atoms with E-state index in [-0.39, 0.29) is 18.5 Å². The maximum atomic E-state index is 12.5. The Labute approximate surface area is 153 Å². The van der Waals surface area contributed by atoms with Gasteiger partial charge in [-0.25, -0.2) is 4.68 Å². The van der Waals surface area contributed by atoms with E-state index in [1.165, 1.54) is 0 Å². The highest BCUT2D eigenvalue weighted by atomic mass is 16.5. The summed E-state index contributed by atoms with van der Waals surface area (Å²) >= 11 is 0. The number of nitrogens with zero attached hydrogens (tertiary/aromatic N) is 1. The van der Waals surface area contributed by atoms with Crippen LogP contribution in [-0.4, -0.2) is 15.7 Å². The molecule has 0 radical (unpaired) electrons. The summed E-state index contributed by atoms with van der Waals surface area (Å²) < 4.78 is 6.31. The molecule has 3 aromatic carbocycles. The number of nitrogens with one attached hydrogen (secondary N) is 1. The number of H-pyrrole nitrogens is 1. The number of fused-ring (bicyclic) bond motifs is 2. The molecule has 134 valence electrons. The number of esters is 1. The maximum absolute atomic E-state index is 12.5. The van der Waals surface area contributed by atoms with Crippen LogP contribution in [0.3, 0.4) is 0 Å². The zero-order valence-electron chi connectivity index (χ0n) is 14.3. The van der Waals surface area contributed by atoms with Gasteiger partial charge in [-0.1, -0.05) is 54.6 Å². The van der Waals surface area contributed by atoms with Gasteiger partial charge in [0.15, 0.2) is 0 Å². The summed E-state index contributed by atoms with van der Waals surface area (Å²) in [6.07, 6.45) is 0. The fraction of sp³-hybridized carbons (Fsp3) is 0.0952. The molecule has 0 spiro atoms. The second-order valence-electron chi connectivity index (χ2n) is 6.18. The number of ether oxygens (including phenoxy) is 1. The highest BCUT2D eigenvalue weighted by Gasteiger charge is 2.11. The molecule has 0 aliphatic rings. The van der Waals surface area contributed by atoms with Gasteiger partial charge in [-0.3, -0.25) is 19.5 Å². The molecule has 0 unspecified atom stereocenters. The lowest BCUT2D eigenvalue weighted by molar-refractivity contribution is -0.145. The van der Waals surface area contributed by atoms with E-state index in [9.17, 15) is 14.4 Å². The highest BCUT2D eigenvalue weighted by Crippen LogP contribution is 2.19. The van der Waals surface area contributed by atoms with Crippen molar-refractivity contribution in [3.63, 3.8) is 0 Å². The van der Waals surface area contributed by atoms with Crippen LogP contribution in [0.5, 0.6) is 0 Å². The van der Waals surface area contributed by atoms with Gasteiger partial charge in [-0.05, 0) is 28.5 Å². The summed E-state index contributed by atoms with van der Waals surface area (Å²) in [4.78, 5) is 36.8. The first-order chi connectivity index (χ1) is 13.1. The van der Waals surface area contributed by atoms with Crippen molar-refractivity contribution in [1.82, 2.24) is 9.78 Å². The molecule has 0 atom stereocenters. The number of aromatic amines is 1. The molecule has 4 aromatic rings. The van der Waals surface area contributed by atoms with Crippen LogP contribution >= 0.6 is 0 Å². The molecule has 1 N–H and O–H groups in total. The summed E-state index contributed by atoms with van der Waals surface area (Å²) in [6.45, 7) is -0.267. The molecule has 0 aliphatic heterocycles. The van der Waals surface area contributed by atoms with E-state index in [0.717, 1.165) is 21.0 Å². The van der Waals surface area contributed by atoms with Gasteiger partial charge in [-0.2, -0.15) is 0 Å². The zero-order valence-corrected chi connectivity index (χ0v) is 14.3. The standard InChI is InChI=1S/C21H16N2O4/c24-19(27-13-15-8-5-7-14-6-1-2-9-16(14)15)12-23-21(26)18-11-4-3-10-17(18)20(25)22-23/h1-11H,12-13H2,(H,22,25). The topological polar surface area (TPSA) is 81.2 Å². The lowest BCUT2D eigenvalue weighted by Gasteiger charge is -2.09. The van der Waals surface area contributed by atoms with Crippen LogP contribution in [0.25, 0.3) is 21.5 Å². The molecular formula is C21H16N2O4. The fourth-order valence-electron chi connectivity index (χ4n) is 3.11. The lowest BCUT2D eigenvalue weighted by atomic mass is 10.1. The van der Waals surface area contributed by atoms with E-state index >= 15 is 0 Å². The van der Waals surface area contributed by atoms with Crippen molar-refractivity contribution in [1.29, 1.82) is 0 Å². The smallest absolute Gasteiger partial charge is 0.328 e. The SMILES string of the molecule is O=C(Cn1[nH]c(=O)c2ccccc2c1=O)OCc1cccc2ccccc12. The summed E-state index contributed by atoms with van der Waals surface area (Å²) in [7, 11) is 0. The molecular weight excluding hydrogens is 344 g/mol. The van der Waals surface area contributed by atoms with Crippen molar-refractivity contribution in [3.05, 3.63) is 93.0 Å². The highest BCUT2D eigenvalue weighted by molar-refractivity contribution is 5.85. The van der Waals surface area contributed by atoms with Gasteiger partial charge in [0, 0.05) is 0 Å². The van der Waals surface area contributed by atoms with Gasteiger partial charge in [0.05, 0.1) is 10.8 Å². The maximum Gasteiger partial charge on any atom is 0.328 e. The normalized spacial score (nSPS) is 11.0. The van der Waals surface area contributed by atoms with Gasteiger partial charge in [-0.15, -0.1) is 0 Å². The zero-order chi connectivity index (χ0) is 18.8. The minimum Gasteiger partial charge on any atom is -0.459 e. The largest absolute Gasteiger partial charge is 0.459 e. The number of hydrogen-bond donors (Lipinski definition) is 1. The van der Waals surface area contributed by atoms with E-state index in [4.69, 9.17) is 4.74 Å². The first-order valence-corrected chi connectivity index (χ1v) is 8.47. The first-order valence-electron chi connectivity index (χ1n) is 8.47. The van der Waals surface area contributed by atoms with Crippen molar-refractivity contribution in [3.8, 4) is 0 Å². The third-order valence-corrected chi connectivity index (χ3v) is 4.44. The Balaban J connectivity index is 1.55. The number of aromatic nitrogens is 2. The molecule has 1 aromatic heterocycles. The Morgan fingerprint density at radius 3 is 2.33 bits per heavy atom. The third kappa shape index (κ3) is 3.25. The van der Waals surface area contributed by atoms with E-state index in [0.29, 0.717) is 5.39 Å². The lowest BCUT2D eigenvalue weighted by Crippen LogP contribution is -2.32. The van der Waals surface area contributed by atoms with Crippen molar-refractivity contribution in [2.45, 2.75) is 13.2 Å². The molecule has 4 rings (SSSR count). The molecule has 0 bridgehead atoms. The Bertz CT molecular complexity index is 1270. The van der Waals surface area contributed by atoms with Gasteiger partial charge >= 0.3 is 5.97 Å². The third-order valence-electron chi connectivity index (χ3n) is 4.44. The molecule has 27 heavy (non-hydrogen) atoms. The van der Waals surface area contributed by atoms with Crippen molar-refractivity contribution >= 4 is 27.5 Å². The van der Waals surface area contributed by atoms with Gasteiger partial charge < -0.3 is 4.74 Å². The Morgan fingerprint density at radius 1 is 0.852 bits per heavy atom. The summed E-state index contributed by atoms with van der Waals surface area (Å²) in [6, 6.07) is 20.1. The molecule has 0 aliphatic carbocycles. The minimum atomic E-state index is -0.601. The molecule has 0 amide bonds. The monoisotopic (exact) mass is 360 g/mol. The van der Waals surface area contributed by atoms with E-state index in [1.807, 2.05) is 42.5 Å². The fourth-order valence-corrected chi connectivity index (χ4v) is 3.11. The summed E-state index contributed by atoms with van der Waals surface area (Å²) in [5.41, 5.74) is 0.0140. The number of hydrogen-bond acceptors (Lipinski definition) is 4. The predicted molar refractivity (Wildman–Crippen MR) is 103 cm³/mol. The molecule has 6 heteroatoms. The molecule has 0 saturated carbocycles. The average Bonchev–Trinajstić information content (AvgIpc) is 2.70. The number of carbonyl (C=O) groups excluding carboxylic acids is 1. The van der Waals surface area contributed by atoms with Crippen LogP contribution in [-0.2, 0) is 22.7 Å². The molecule has 0 saturated heterocycles. The van der Waals surface area contributed by atoms with Crippen molar-refractivity contribution < 1.29 is 9.53 Å². The Hall–Kier alpha value is -3.67. The van der Waals surface area contributed by atoms with E-state index in [1.54, 1.807) is 24.3 Å². The van der Waals surface area contributed by atoms with Crippen LogP contribution in [0.15, 0.2) is 76.3 Å². The quantitative estimate of drug-likeness (QED) is 0.567. The van der Waals surface area contributed by atoms with Crippen LogP contribution in [0.2, 0.25) is 0 Å².